The van der Waals surface area contributed by atoms with Crippen LogP contribution < -0.4 is 9.13 Å². The summed E-state index contributed by atoms with van der Waals surface area (Å²) < 4.78 is 7.76. The van der Waals surface area contributed by atoms with E-state index in [9.17, 15) is 0 Å². The standard InChI is InChI=1S/C32H23N3S/c1-19(2)34-26-15-9-16-27-29(26)35-28-24(18-20-10-3-4-11-21(20)30(28)36-27)32(31(34)35)23-13-6-5-12-22(23)25-14-7-8-17-33(25)32/h3-19H,1-2H3/q+2. The van der Waals surface area contributed by atoms with Crippen LogP contribution in [0.15, 0.2) is 107 Å². The predicted octanol–water partition coefficient (Wildman–Crippen LogP) is 6.54. The van der Waals surface area contributed by atoms with Crippen molar-refractivity contribution in [3.63, 3.8) is 0 Å². The van der Waals surface area contributed by atoms with Gasteiger partial charge in [-0.05, 0) is 55.0 Å². The zero-order valence-electron chi connectivity index (χ0n) is 20.1. The third kappa shape index (κ3) is 1.93. The van der Waals surface area contributed by atoms with E-state index >= 15 is 0 Å². The number of rotatable bonds is 1. The molecule has 4 heteroatoms. The summed E-state index contributed by atoms with van der Waals surface area (Å²) in [6, 6.07) is 34.2. The van der Waals surface area contributed by atoms with Gasteiger partial charge in [0.25, 0.3) is 0 Å². The van der Waals surface area contributed by atoms with Crippen LogP contribution in [0.3, 0.4) is 0 Å². The number of pyridine rings is 1. The molecule has 3 aliphatic heterocycles. The Morgan fingerprint density at radius 1 is 0.833 bits per heavy atom. The summed E-state index contributed by atoms with van der Waals surface area (Å²) in [5.41, 5.74) is 8.92. The van der Waals surface area contributed by atoms with Crippen molar-refractivity contribution in [2.45, 2.75) is 35.2 Å². The van der Waals surface area contributed by atoms with E-state index in [2.05, 4.69) is 125 Å². The average Bonchev–Trinajstić information content (AvgIpc) is 3.51. The minimum atomic E-state index is -0.438. The first-order chi connectivity index (χ1) is 17.7. The van der Waals surface area contributed by atoms with E-state index in [1.54, 1.807) is 0 Å². The summed E-state index contributed by atoms with van der Waals surface area (Å²) >= 11 is 1.94. The number of hydrogen-bond acceptors (Lipinski definition) is 1. The van der Waals surface area contributed by atoms with Gasteiger partial charge in [0.2, 0.25) is 5.69 Å². The number of benzene rings is 4. The molecule has 4 aromatic carbocycles. The van der Waals surface area contributed by atoms with Crippen LogP contribution in [0.5, 0.6) is 0 Å². The van der Waals surface area contributed by atoms with Crippen LogP contribution in [0.25, 0.3) is 38.8 Å². The Bertz CT molecular complexity index is 1920. The van der Waals surface area contributed by atoms with Gasteiger partial charge >= 0.3 is 11.4 Å². The molecule has 0 bridgehead atoms. The number of fused-ring (bicyclic) bond motifs is 9. The summed E-state index contributed by atoms with van der Waals surface area (Å²) in [6.07, 6.45) is 2.29. The van der Waals surface area contributed by atoms with Gasteiger partial charge in [0.1, 0.15) is 0 Å². The van der Waals surface area contributed by atoms with Gasteiger partial charge in [-0.3, -0.25) is 0 Å². The van der Waals surface area contributed by atoms with Gasteiger partial charge in [0, 0.05) is 12.1 Å². The Morgan fingerprint density at radius 3 is 2.58 bits per heavy atom. The lowest BCUT2D eigenvalue weighted by atomic mass is 9.82. The molecule has 0 amide bonds. The highest BCUT2D eigenvalue weighted by atomic mass is 32.2. The van der Waals surface area contributed by atoms with E-state index in [4.69, 9.17) is 0 Å². The maximum Gasteiger partial charge on any atom is 0.347 e. The van der Waals surface area contributed by atoms with Gasteiger partial charge in [-0.25, -0.2) is 4.57 Å². The largest absolute Gasteiger partial charge is 0.347 e. The zero-order valence-corrected chi connectivity index (χ0v) is 20.9. The van der Waals surface area contributed by atoms with E-state index in [-0.39, 0.29) is 0 Å². The average molecular weight is 482 g/mol. The summed E-state index contributed by atoms with van der Waals surface area (Å²) in [5, 5.41) is 2.64. The molecular formula is C32H23N3S+2. The molecule has 1 unspecified atom stereocenters. The third-order valence-corrected chi connectivity index (χ3v) is 9.52. The van der Waals surface area contributed by atoms with E-state index < -0.39 is 5.54 Å². The highest BCUT2D eigenvalue weighted by molar-refractivity contribution is 8.00. The molecule has 5 heterocycles. The molecule has 0 saturated carbocycles. The highest BCUT2D eigenvalue weighted by Crippen LogP contribution is 2.56. The molecule has 0 saturated heterocycles. The Balaban J connectivity index is 1.63. The number of imidazole rings is 1. The Labute approximate surface area is 213 Å². The zero-order chi connectivity index (χ0) is 23.8. The second kappa shape index (κ2) is 6.26. The van der Waals surface area contributed by atoms with Crippen LogP contribution in [-0.2, 0) is 5.54 Å². The summed E-state index contributed by atoms with van der Waals surface area (Å²) in [4.78, 5) is 2.71. The molecule has 36 heavy (non-hydrogen) atoms. The smallest absolute Gasteiger partial charge is 0.218 e. The number of para-hydroxylation sites is 1. The van der Waals surface area contributed by atoms with Crippen LogP contribution in [0, 0.1) is 0 Å². The molecular weight excluding hydrogens is 458 g/mol. The molecule has 0 fully saturated rings. The van der Waals surface area contributed by atoms with Crippen molar-refractivity contribution >= 4 is 33.6 Å². The SMILES string of the molecule is CC(C)n1c2[n+]3c4c(cccc41)Sc1c-3c(cc3ccccc13)C21c2ccccc2-c2cccc[n+]21. The van der Waals surface area contributed by atoms with Gasteiger partial charge in [-0.1, -0.05) is 60.3 Å². The molecule has 2 aromatic heterocycles. The minimum absolute atomic E-state index is 0.312. The lowest BCUT2D eigenvalue weighted by Crippen LogP contribution is -2.57. The molecule has 3 aliphatic rings. The van der Waals surface area contributed by atoms with E-state index in [1.165, 1.54) is 65.5 Å². The van der Waals surface area contributed by atoms with Crippen molar-refractivity contribution in [2.24, 2.45) is 0 Å². The first-order valence-electron chi connectivity index (χ1n) is 12.7. The van der Waals surface area contributed by atoms with Crippen molar-refractivity contribution in [3.05, 3.63) is 114 Å². The first-order valence-corrected chi connectivity index (χ1v) is 13.5. The molecule has 170 valence electrons. The Kier molecular flexibility index (Phi) is 3.36. The van der Waals surface area contributed by atoms with Gasteiger partial charge in [-0.2, -0.15) is 9.13 Å². The Hall–Kier alpha value is -3.89. The fourth-order valence-corrected chi connectivity index (χ4v) is 8.41. The van der Waals surface area contributed by atoms with Gasteiger partial charge in [0.05, 0.1) is 32.5 Å². The van der Waals surface area contributed by atoms with E-state index in [0.717, 1.165) is 0 Å². The van der Waals surface area contributed by atoms with Gasteiger partial charge in [-0.15, -0.1) is 0 Å². The quantitative estimate of drug-likeness (QED) is 0.243. The fourth-order valence-electron chi connectivity index (χ4n) is 7.16. The molecule has 0 radical (unpaired) electrons. The van der Waals surface area contributed by atoms with Crippen molar-refractivity contribution in [1.29, 1.82) is 0 Å². The molecule has 1 atom stereocenters. The van der Waals surface area contributed by atoms with Crippen molar-refractivity contribution < 1.29 is 9.13 Å². The molecule has 0 N–H and O–H groups in total. The maximum atomic E-state index is 2.62. The minimum Gasteiger partial charge on any atom is -0.218 e. The fraction of sp³-hybridized carbons (Fsp3) is 0.125. The molecule has 9 rings (SSSR count). The number of aromatic nitrogens is 3. The normalized spacial score (nSPS) is 18.0. The summed E-state index contributed by atoms with van der Waals surface area (Å²) in [6.45, 7) is 4.65. The highest BCUT2D eigenvalue weighted by Gasteiger charge is 2.68. The second-order valence-corrected chi connectivity index (χ2v) is 11.4. The first kappa shape index (κ1) is 19.3. The molecule has 3 nitrogen and oxygen atoms in total. The summed E-state index contributed by atoms with van der Waals surface area (Å²) in [5.74, 6) is 1.34. The van der Waals surface area contributed by atoms with Crippen LogP contribution in [0.4, 0.5) is 0 Å². The third-order valence-electron chi connectivity index (χ3n) is 8.36. The van der Waals surface area contributed by atoms with E-state index in [1.807, 2.05) is 11.8 Å². The predicted molar refractivity (Wildman–Crippen MR) is 143 cm³/mol. The summed E-state index contributed by atoms with van der Waals surface area (Å²) in [7, 11) is 0. The maximum absolute atomic E-state index is 2.62. The van der Waals surface area contributed by atoms with Crippen LogP contribution in [0.1, 0.15) is 36.8 Å². The monoisotopic (exact) mass is 481 g/mol. The van der Waals surface area contributed by atoms with Crippen LogP contribution in [0.2, 0.25) is 0 Å². The van der Waals surface area contributed by atoms with Crippen molar-refractivity contribution in [1.82, 2.24) is 4.57 Å². The van der Waals surface area contributed by atoms with Crippen molar-refractivity contribution in [2.75, 3.05) is 0 Å². The van der Waals surface area contributed by atoms with Crippen LogP contribution in [-0.4, -0.2) is 4.57 Å². The van der Waals surface area contributed by atoms with Crippen LogP contribution >= 0.6 is 11.8 Å². The topological polar surface area (TPSA) is 12.7 Å². The van der Waals surface area contributed by atoms with Gasteiger partial charge < -0.3 is 0 Å². The molecule has 1 spiro atoms. The Morgan fingerprint density at radius 2 is 1.67 bits per heavy atom. The number of hydrogen-bond donors (Lipinski definition) is 0. The lowest BCUT2D eigenvalue weighted by molar-refractivity contribution is -0.733. The second-order valence-electron chi connectivity index (χ2n) is 10.4. The number of nitrogens with zero attached hydrogens (tertiary/aromatic N) is 3. The molecule has 0 aliphatic carbocycles. The van der Waals surface area contributed by atoms with Crippen molar-refractivity contribution in [3.8, 4) is 16.9 Å². The van der Waals surface area contributed by atoms with E-state index in [0.29, 0.717) is 6.04 Å². The lowest BCUT2D eigenvalue weighted by Gasteiger charge is -2.21. The molecule has 6 aromatic rings. The van der Waals surface area contributed by atoms with Gasteiger partial charge in [0.15, 0.2) is 22.9 Å².